The summed E-state index contributed by atoms with van der Waals surface area (Å²) < 4.78 is 0. The first-order valence-electron chi connectivity index (χ1n) is 6.71. The van der Waals surface area contributed by atoms with Crippen LogP contribution in [-0.4, -0.2) is 28.5 Å². The Bertz CT molecular complexity index is 442. The number of thioether (sulfide) groups is 1. The SMILES string of the molecule is Cc1ccc([C@@H]2CC(=O)N3CCCS[C@@H]3C2)cc1. The number of piperidine rings is 1. The monoisotopic (exact) mass is 261 g/mol. The summed E-state index contributed by atoms with van der Waals surface area (Å²) >= 11 is 1.96. The Morgan fingerprint density at radius 2 is 2.06 bits per heavy atom. The van der Waals surface area contributed by atoms with Crippen molar-refractivity contribution in [2.24, 2.45) is 0 Å². The number of carbonyl (C=O) groups excluding carboxylic acids is 1. The Morgan fingerprint density at radius 3 is 2.83 bits per heavy atom. The van der Waals surface area contributed by atoms with Crippen molar-refractivity contribution in [3.63, 3.8) is 0 Å². The number of fused-ring (bicyclic) bond motifs is 1. The van der Waals surface area contributed by atoms with Gasteiger partial charge in [0, 0.05) is 13.0 Å². The summed E-state index contributed by atoms with van der Waals surface area (Å²) in [4.78, 5) is 14.3. The lowest BCUT2D eigenvalue weighted by atomic mass is 9.88. The summed E-state index contributed by atoms with van der Waals surface area (Å²) in [6, 6.07) is 8.69. The van der Waals surface area contributed by atoms with Crippen molar-refractivity contribution in [1.82, 2.24) is 4.90 Å². The highest BCUT2D eigenvalue weighted by Crippen LogP contribution is 2.38. The maximum absolute atomic E-state index is 12.2. The van der Waals surface area contributed by atoms with Crippen LogP contribution in [0.15, 0.2) is 24.3 Å². The van der Waals surface area contributed by atoms with E-state index in [1.165, 1.54) is 16.9 Å². The lowest BCUT2D eigenvalue weighted by Gasteiger charge is -2.41. The Balaban J connectivity index is 1.78. The lowest BCUT2D eigenvalue weighted by molar-refractivity contribution is -0.135. The van der Waals surface area contributed by atoms with Crippen LogP contribution in [0.3, 0.4) is 0 Å². The van der Waals surface area contributed by atoms with E-state index in [4.69, 9.17) is 0 Å². The van der Waals surface area contributed by atoms with E-state index in [1.807, 2.05) is 11.8 Å². The van der Waals surface area contributed by atoms with Gasteiger partial charge in [-0.1, -0.05) is 29.8 Å². The molecule has 1 aromatic rings. The molecule has 3 rings (SSSR count). The van der Waals surface area contributed by atoms with Gasteiger partial charge in [-0.2, -0.15) is 0 Å². The first-order valence-corrected chi connectivity index (χ1v) is 7.76. The van der Waals surface area contributed by atoms with Crippen molar-refractivity contribution >= 4 is 17.7 Å². The molecule has 0 saturated carbocycles. The summed E-state index contributed by atoms with van der Waals surface area (Å²) in [5, 5.41) is 0.423. The van der Waals surface area contributed by atoms with Crippen LogP contribution in [0.5, 0.6) is 0 Å². The molecule has 2 saturated heterocycles. The average Bonchev–Trinajstić information content (AvgIpc) is 2.39. The topological polar surface area (TPSA) is 20.3 Å². The zero-order chi connectivity index (χ0) is 12.5. The van der Waals surface area contributed by atoms with E-state index in [1.54, 1.807) is 0 Å². The highest BCUT2D eigenvalue weighted by Gasteiger charge is 2.36. The predicted molar refractivity (Wildman–Crippen MR) is 75.7 cm³/mol. The second-order valence-electron chi connectivity index (χ2n) is 5.31. The molecule has 0 unspecified atom stereocenters. The van der Waals surface area contributed by atoms with Gasteiger partial charge in [-0.3, -0.25) is 4.79 Å². The molecule has 0 spiro atoms. The summed E-state index contributed by atoms with van der Waals surface area (Å²) in [5.41, 5.74) is 2.62. The molecule has 18 heavy (non-hydrogen) atoms. The van der Waals surface area contributed by atoms with Gasteiger partial charge in [0.05, 0.1) is 5.37 Å². The van der Waals surface area contributed by atoms with Crippen LogP contribution < -0.4 is 0 Å². The Hall–Kier alpha value is -0.960. The minimum atomic E-state index is 0.351. The van der Waals surface area contributed by atoms with Gasteiger partial charge in [0.15, 0.2) is 0 Å². The smallest absolute Gasteiger partial charge is 0.224 e. The third kappa shape index (κ3) is 2.28. The zero-order valence-electron chi connectivity index (χ0n) is 10.8. The highest BCUT2D eigenvalue weighted by atomic mass is 32.2. The van der Waals surface area contributed by atoms with E-state index in [0.29, 0.717) is 23.6 Å². The minimum Gasteiger partial charge on any atom is -0.331 e. The summed E-state index contributed by atoms with van der Waals surface area (Å²) in [6.07, 6.45) is 2.97. The maximum atomic E-state index is 12.2. The first-order chi connectivity index (χ1) is 8.74. The molecule has 96 valence electrons. The summed E-state index contributed by atoms with van der Waals surface area (Å²) in [5.74, 6) is 1.98. The standard InChI is InChI=1S/C15H19NOS/c1-11-3-5-12(6-4-11)13-9-14(17)16-7-2-8-18-15(16)10-13/h3-6,13,15H,2,7-10H2,1H3/t13-,15-/m1/s1. The molecule has 2 fully saturated rings. The summed E-state index contributed by atoms with van der Waals surface area (Å²) in [7, 11) is 0. The van der Waals surface area contributed by atoms with Crippen molar-refractivity contribution in [1.29, 1.82) is 0 Å². The average molecular weight is 261 g/mol. The Morgan fingerprint density at radius 1 is 1.28 bits per heavy atom. The molecule has 0 aromatic heterocycles. The van der Waals surface area contributed by atoms with Crippen molar-refractivity contribution in [2.75, 3.05) is 12.3 Å². The van der Waals surface area contributed by atoms with E-state index in [9.17, 15) is 4.79 Å². The van der Waals surface area contributed by atoms with Crippen molar-refractivity contribution in [3.8, 4) is 0 Å². The molecular weight excluding hydrogens is 242 g/mol. The Labute approximate surface area is 113 Å². The Kier molecular flexibility index (Phi) is 3.33. The largest absolute Gasteiger partial charge is 0.331 e. The van der Waals surface area contributed by atoms with Gasteiger partial charge in [-0.25, -0.2) is 0 Å². The fourth-order valence-corrected chi connectivity index (χ4v) is 4.26. The first kappa shape index (κ1) is 12.1. The minimum absolute atomic E-state index is 0.351. The molecule has 0 bridgehead atoms. The molecule has 2 atom stereocenters. The molecule has 0 radical (unpaired) electrons. The molecule has 3 heteroatoms. The van der Waals surface area contributed by atoms with Crippen molar-refractivity contribution in [3.05, 3.63) is 35.4 Å². The molecule has 0 N–H and O–H groups in total. The van der Waals surface area contributed by atoms with E-state index in [-0.39, 0.29) is 0 Å². The van der Waals surface area contributed by atoms with Crippen LogP contribution in [0.4, 0.5) is 0 Å². The number of nitrogens with zero attached hydrogens (tertiary/aromatic N) is 1. The van der Waals surface area contributed by atoms with Crippen LogP contribution in [0.2, 0.25) is 0 Å². The molecular formula is C15H19NOS. The second kappa shape index (κ2) is 4.96. The van der Waals surface area contributed by atoms with Crippen LogP contribution in [-0.2, 0) is 4.79 Å². The normalized spacial score (nSPS) is 28.1. The van der Waals surface area contributed by atoms with E-state index >= 15 is 0 Å². The van der Waals surface area contributed by atoms with Crippen LogP contribution in [0.25, 0.3) is 0 Å². The molecule has 1 aromatic carbocycles. The van der Waals surface area contributed by atoms with Crippen LogP contribution >= 0.6 is 11.8 Å². The van der Waals surface area contributed by atoms with Gasteiger partial charge in [0.25, 0.3) is 0 Å². The lowest BCUT2D eigenvalue weighted by Crippen LogP contribution is -2.47. The number of benzene rings is 1. The van der Waals surface area contributed by atoms with E-state index in [0.717, 1.165) is 19.4 Å². The van der Waals surface area contributed by atoms with Gasteiger partial charge in [-0.15, -0.1) is 11.8 Å². The molecule has 1 amide bonds. The van der Waals surface area contributed by atoms with Gasteiger partial charge in [-0.05, 0) is 37.0 Å². The second-order valence-corrected chi connectivity index (χ2v) is 6.60. The summed E-state index contributed by atoms with van der Waals surface area (Å²) in [6.45, 7) is 3.08. The number of hydrogen-bond donors (Lipinski definition) is 0. The number of amides is 1. The molecule has 2 nitrogen and oxygen atoms in total. The molecule has 2 heterocycles. The fraction of sp³-hybridized carbons (Fsp3) is 0.533. The maximum Gasteiger partial charge on any atom is 0.224 e. The number of carbonyl (C=O) groups is 1. The van der Waals surface area contributed by atoms with Crippen LogP contribution in [0.1, 0.15) is 36.3 Å². The molecule has 2 aliphatic rings. The van der Waals surface area contributed by atoms with Gasteiger partial charge in [0.1, 0.15) is 0 Å². The predicted octanol–water partition coefficient (Wildman–Crippen LogP) is 3.16. The molecule has 0 aliphatic carbocycles. The number of aryl methyl sites for hydroxylation is 1. The third-order valence-electron chi connectivity index (χ3n) is 3.98. The molecule has 2 aliphatic heterocycles. The number of rotatable bonds is 1. The van der Waals surface area contributed by atoms with Crippen LogP contribution in [0, 0.1) is 6.92 Å². The third-order valence-corrected chi connectivity index (χ3v) is 5.33. The quantitative estimate of drug-likeness (QED) is 0.774. The van der Waals surface area contributed by atoms with Gasteiger partial charge in [0.2, 0.25) is 5.91 Å². The van der Waals surface area contributed by atoms with Gasteiger partial charge < -0.3 is 4.90 Å². The highest BCUT2D eigenvalue weighted by molar-refractivity contribution is 7.99. The van der Waals surface area contributed by atoms with Crippen molar-refractivity contribution in [2.45, 2.75) is 37.5 Å². The van der Waals surface area contributed by atoms with Crippen molar-refractivity contribution < 1.29 is 4.79 Å². The van der Waals surface area contributed by atoms with Gasteiger partial charge >= 0.3 is 0 Å². The fourth-order valence-electron chi connectivity index (χ4n) is 2.92. The van der Waals surface area contributed by atoms with E-state index < -0.39 is 0 Å². The van der Waals surface area contributed by atoms with E-state index in [2.05, 4.69) is 36.1 Å². The number of hydrogen-bond acceptors (Lipinski definition) is 2. The zero-order valence-corrected chi connectivity index (χ0v) is 11.6.